The zero-order valence-corrected chi connectivity index (χ0v) is 14.6. The number of benzene rings is 1. The number of carbonyl (C=O) groups excluding carboxylic acids is 2. The Balaban J connectivity index is 2.03. The zero-order valence-electron chi connectivity index (χ0n) is 13.8. The van der Waals surface area contributed by atoms with Crippen molar-refractivity contribution in [3.05, 3.63) is 35.3 Å². The lowest BCUT2D eigenvalue weighted by Crippen LogP contribution is -2.19. The summed E-state index contributed by atoms with van der Waals surface area (Å²) < 4.78 is 19.6. The molecule has 0 radical (unpaired) electrons. The first-order valence-electron chi connectivity index (χ1n) is 8.04. The van der Waals surface area contributed by atoms with E-state index in [1.807, 2.05) is 0 Å². The van der Waals surface area contributed by atoms with Crippen LogP contribution in [0.1, 0.15) is 29.6 Å². The van der Waals surface area contributed by atoms with Crippen LogP contribution in [0.4, 0.5) is 4.39 Å². The minimum Gasteiger partial charge on any atom is -0.489 e. The number of rotatable bonds is 5. The normalized spacial score (nSPS) is 17.5. The van der Waals surface area contributed by atoms with Crippen molar-refractivity contribution in [1.82, 2.24) is 4.90 Å². The van der Waals surface area contributed by atoms with Gasteiger partial charge in [-0.15, -0.1) is 11.8 Å². The number of allylic oxidation sites excluding steroid dienone is 1. The Bertz CT molecular complexity index is 710. The van der Waals surface area contributed by atoms with Gasteiger partial charge in [-0.1, -0.05) is 0 Å². The molecule has 0 N–H and O–H groups in total. The summed E-state index contributed by atoms with van der Waals surface area (Å²) in [5.74, 6) is -0.113. The fourth-order valence-corrected chi connectivity index (χ4v) is 3.68. The van der Waals surface area contributed by atoms with Crippen LogP contribution in [0.5, 0.6) is 5.75 Å². The van der Waals surface area contributed by atoms with E-state index in [2.05, 4.69) is 0 Å². The van der Waals surface area contributed by atoms with E-state index in [4.69, 9.17) is 4.74 Å². The molecule has 1 heterocycles. The maximum atomic E-state index is 14.1. The van der Waals surface area contributed by atoms with Gasteiger partial charge in [0.1, 0.15) is 0 Å². The summed E-state index contributed by atoms with van der Waals surface area (Å²) in [6, 6.07) is 2.70. The third-order valence-electron chi connectivity index (χ3n) is 3.94. The minimum atomic E-state index is -0.470. The predicted molar refractivity (Wildman–Crippen MR) is 91.1 cm³/mol. The first kappa shape index (κ1) is 17.0. The van der Waals surface area contributed by atoms with Crippen molar-refractivity contribution in [3.63, 3.8) is 0 Å². The molecule has 6 heteroatoms. The molecule has 128 valence electrons. The second kappa shape index (κ2) is 6.97. The largest absolute Gasteiger partial charge is 0.489 e. The Kier molecular flexibility index (Phi) is 4.94. The molecule has 0 amide bonds. The molecule has 0 unspecified atom stereocenters. The summed E-state index contributed by atoms with van der Waals surface area (Å²) in [4.78, 5) is 27.8. The first-order chi connectivity index (χ1) is 11.5. The number of hydrogen-bond acceptors (Lipinski definition) is 5. The number of ether oxygens (including phenoxy) is 1. The van der Waals surface area contributed by atoms with E-state index in [0.717, 1.165) is 25.0 Å². The van der Waals surface area contributed by atoms with Gasteiger partial charge in [0.25, 0.3) is 0 Å². The number of hydrogen-bond donors (Lipinski definition) is 0. The predicted octanol–water partition coefficient (Wildman–Crippen LogP) is 3.31. The Labute approximate surface area is 145 Å². The second-order valence-electron chi connectivity index (χ2n) is 6.28. The van der Waals surface area contributed by atoms with Crippen LogP contribution in [-0.4, -0.2) is 42.9 Å². The van der Waals surface area contributed by atoms with Gasteiger partial charge < -0.3 is 9.64 Å². The second-order valence-corrected chi connectivity index (χ2v) is 7.38. The van der Waals surface area contributed by atoms with Crippen LogP contribution in [0.3, 0.4) is 0 Å². The molecule has 1 aromatic carbocycles. The van der Waals surface area contributed by atoms with Gasteiger partial charge in [0.2, 0.25) is 0 Å². The topological polar surface area (TPSA) is 46.6 Å². The van der Waals surface area contributed by atoms with E-state index in [1.54, 1.807) is 25.2 Å². The Hall–Kier alpha value is -1.82. The number of Topliss-reactive ketones (excluding diaryl/α,β-unsaturated/α-hetero) is 2. The highest BCUT2D eigenvalue weighted by Gasteiger charge is 2.36. The Morgan fingerprint density at radius 3 is 2.75 bits per heavy atom. The number of ketones is 2. The van der Waals surface area contributed by atoms with Crippen LogP contribution in [-0.2, 0) is 4.79 Å². The van der Waals surface area contributed by atoms with E-state index in [1.165, 1.54) is 23.9 Å². The van der Waals surface area contributed by atoms with E-state index in [-0.39, 0.29) is 28.8 Å². The molecule has 0 bridgehead atoms. The number of fused-ring (bicyclic) bond motifs is 1. The molecule has 1 fully saturated rings. The van der Waals surface area contributed by atoms with Gasteiger partial charge >= 0.3 is 0 Å². The lowest BCUT2D eigenvalue weighted by Gasteiger charge is -2.14. The number of carbonyl (C=O) groups is 2. The highest BCUT2D eigenvalue weighted by atomic mass is 32.2. The summed E-state index contributed by atoms with van der Waals surface area (Å²) in [6.45, 7) is 0.427. The van der Waals surface area contributed by atoms with Crippen LogP contribution in [0.15, 0.2) is 28.8 Å². The SMILES string of the molecule is CN(C)C=C(C(=O)c1ccc(F)c2c1SCCCO2)C(=O)C1CC1. The van der Waals surface area contributed by atoms with Crippen molar-refractivity contribution in [2.45, 2.75) is 24.2 Å². The number of nitrogens with zero attached hydrogens (tertiary/aromatic N) is 1. The molecule has 0 spiro atoms. The third kappa shape index (κ3) is 3.48. The summed E-state index contributed by atoms with van der Waals surface area (Å²) >= 11 is 1.41. The van der Waals surface area contributed by atoms with Gasteiger partial charge in [0.15, 0.2) is 23.1 Å². The standard InChI is InChI=1S/C18H20FNO3S/c1-20(2)10-13(15(21)11-4-5-11)16(22)12-6-7-14(19)17-18(12)24-9-3-8-23-17/h6-7,10-11H,3-5,8-9H2,1-2H3. The van der Waals surface area contributed by atoms with Crippen molar-refractivity contribution < 1.29 is 18.7 Å². The fourth-order valence-electron chi connectivity index (χ4n) is 2.61. The molecule has 0 saturated heterocycles. The van der Waals surface area contributed by atoms with Gasteiger partial charge in [0.05, 0.1) is 17.1 Å². The van der Waals surface area contributed by atoms with Gasteiger partial charge in [-0.3, -0.25) is 9.59 Å². The Morgan fingerprint density at radius 2 is 2.08 bits per heavy atom. The van der Waals surface area contributed by atoms with E-state index in [0.29, 0.717) is 17.1 Å². The maximum absolute atomic E-state index is 14.1. The molecule has 0 aromatic heterocycles. The van der Waals surface area contributed by atoms with Crippen molar-refractivity contribution in [3.8, 4) is 5.75 Å². The molecule has 0 atom stereocenters. The summed E-state index contributed by atoms with van der Waals surface area (Å²) in [5.41, 5.74) is 0.515. The van der Waals surface area contributed by atoms with Gasteiger partial charge in [-0.2, -0.15) is 0 Å². The van der Waals surface area contributed by atoms with Crippen LogP contribution < -0.4 is 4.74 Å². The van der Waals surface area contributed by atoms with Crippen molar-refractivity contribution in [1.29, 1.82) is 0 Å². The van der Waals surface area contributed by atoms with E-state index in [9.17, 15) is 14.0 Å². The molecule has 24 heavy (non-hydrogen) atoms. The molecule has 3 rings (SSSR count). The molecule has 1 aliphatic carbocycles. The van der Waals surface area contributed by atoms with Crippen LogP contribution in [0.25, 0.3) is 0 Å². The van der Waals surface area contributed by atoms with Gasteiger partial charge in [0, 0.05) is 37.5 Å². The van der Waals surface area contributed by atoms with Crippen LogP contribution in [0, 0.1) is 11.7 Å². The average Bonchev–Trinajstić information content (AvgIpc) is 3.37. The molecule has 4 nitrogen and oxygen atoms in total. The van der Waals surface area contributed by atoms with E-state index < -0.39 is 5.82 Å². The quantitative estimate of drug-likeness (QED) is 0.353. The van der Waals surface area contributed by atoms with Crippen molar-refractivity contribution in [2.24, 2.45) is 5.92 Å². The summed E-state index contributed by atoms with van der Waals surface area (Å²) in [6.07, 6.45) is 4.02. The number of halogens is 1. The molecular formula is C18H20FNO3S. The lowest BCUT2D eigenvalue weighted by molar-refractivity contribution is -0.116. The first-order valence-corrected chi connectivity index (χ1v) is 9.03. The molecular weight excluding hydrogens is 329 g/mol. The van der Waals surface area contributed by atoms with Crippen LogP contribution >= 0.6 is 11.8 Å². The molecule has 1 aromatic rings. The zero-order chi connectivity index (χ0) is 17.3. The summed E-state index contributed by atoms with van der Waals surface area (Å²) in [7, 11) is 3.55. The number of thioether (sulfide) groups is 1. The molecule has 1 saturated carbocycles. The maximum Gasteiger partial charge on any atom is 0.199 e. The minimum absolute atomic E-state index is 0.0527. The highest BCUT2D eigenvalue weighted by Crippen LogP contribution is 2.40. The fraction of sp³-hybridized carbons (Fsp3) is 0.444. The third-order valence-corrected chi connectivity index (χ3v) is 5.12. The smallest absolute Gasteiger partial charge is 0.199 e. The van der Waals surface area contributed by atoms with Gasteiger partial charge in [-0.05, 0) is 31.4 Å². The Morgan fingerprint density at radius 1 is 1.33 bits per heavy atom. The highest BCUT2D eigenvalue weighted by molar-refractivity contribution is 7.99. The monoisotopic (exact) mass is 349 g/mol. The van der Waals surface area contributed by atoms with Gasteiger partial charge in [-0.25, -0.2) is 4.39 Å². The van der Waals surface area contributed by atoms with Crippen molar-refractivity contribution in [2.75, 3.05) is 26.5 Å². The van der Waals surface area contributed by atoms with E-state index >= 15 is 0 Å². The summed E-state index contributed by atoms with van der Waals surface area (Å²) in [5, 5.41) is 0. The lowest BCUT2D eigenvalue weighted by atomic mass is 9.97. The van der Waals surface area contributed by atoms with Crippen molar-refractivity contribution >= 4 is 23.3 Å². The van der Waals surface area contributed by atoms with Crippen LogP contribution in [0.2, 0.25) is 0 Å². The molecule has 2 aliphatic rings. The average molecular weight is 349 g/mol. The molecule has 1 aliphatic heterocycles.